The van der Waals surface area contributed by atoms with E-state index >= 15 is 0 Å². The molecule has 5 nitrogen and oxygen atoms in total. The van der Waals surface area contributed by atoms with Crippen LogP contribution in [-0.4, -0.2) is 35.7 Å². The Hall–Kier alpha value is -2.47. The molecule has 0 radical (unpaired) electrons. The minimum Gasteiger partial charge on any atom is -0.326 e. The molecule has 1 unspecified atom stereocenters. The molecule has 3 amide bonds. The molecule has 0 aliphatic carbocycles. The molecular weight excluding hydrogens is 382 g/mol. The zero-order valence-electron chi connectivity index (χ0n) is 16.9. The zero-order valence-corrected chi connectivity index (χ0v) is 17.7. The standard InChI is InChI=1S/C23H29N3O2S/c1-18(17-29-21-9-5-4-6-10-21)22(27)24-19-11-13-20(14-12-19)25-23(28)26-15-7-2-3-8-16-26/h4-6,9-14,18H,2-3,7-8,15-17H2,1H3,(H,24,27)(H,25,28). The molecule has 0 spiro atoms. The highest BCUT2D eigenvalue weighted by molar-refractivity contribution is 7.99. The summed E-state index contributed by atoms with van der Waals surface area (Å²) in [5.74, 6) is 0.609. The fourth-order valence-electron chi connectivity index (χ4n) is 3.19. The van der Waals surface area contributed by atoms with Crippen LogP contribution in [0.5, 0.6) is 0 Å². The summed E-state index contributed by atoms with van der Waals surface area (Å²) in [5.41, 5.74) is 1.48. The number of hydrogen-bond acceptors (Lipinski definition) is 3. The van der Waals surface area contributed by atoms with Gasteiger partial charge in [0, 0.05) is 41.0 Å². The van der Waals surface area contributed by atoms with Crippen molar-refractivity contribution in [2.75, 3.05) is 29.5 Å². The molecule has 6 heteroatoms. The average molecular weight is 412 g/mol. The van der Waals surface area contributed by atoms with Gasteiger partial charge in [0.15, 0.2) is 0 Å². The number of anilines is 2. The summed E-state index contributed by atoms with van der Waals surface area (Å²) >= 11 is 1.68. The van der Waals surface area contributed by atoms with Crippen LogP contribution in [0.15, 0.2) is 59.5 Å². The van der Waals surface area contributed by atoms with Crippen molar-refractivity contribution in [2.24, 2.45) is 5.92 Å². The molecule has 0 bridgehead atoms. The monoisotopic (exact) mass is 411 g/mol. The SMILES string of the molecule is CC(CSc1ccccc1)C(=O)Nc1ccc(NC(=O)N2CCCCCC2)cc1. The molecule has 1 fully saturated rings. The lowest BCUT2D eigenvalue weighted by atomic mass is 10.2. The summed E-state index contributed by atoms with van der Waals surface area (Å²) < 4.78 is 0. The van der Waals surface area contributed by atoms with E-state index in [2.05, 4.69) is 10.6 Å². The Kier molecular flexibility index (Phi) is 7.99. The van der Waals surface area contributed by atoms with Crippen LogP contribution < -0.4 is 10.6 Å². The minimum atomic E-state index is -0.109. The normalized spacial score (nSPS) is 15.3. The molecule has 2 aromatic rings. The number of hydrogen-bond donors (Lipinski definition) is 2. The molecule has 1 aliphatic heterocycles. The Balaban J connectivity index is 1.46. The topological polar surface area (TPSA) is 61.4 Å². The lowest BCUT2D eigenvalue weighted by molar-refractivity contribution is -0.118. The van der Waals surface area contributed by atoms with Crippen molar-refractivity contribution in [2.45, 2.75) is 37.5 Å². The molecule has 154 valence electrons. The number of carbonyl (C=O) groups excluding carboxylic acids is 2. The Morgan fingerprint density at radius 2 is 1.48 bits per heavy atom. The lowest BCUT2D eigenvalue weighted by Crippen LogP contribution is -2.35. The van der Waals surface area contributed by atoms with Gasteiger partial charge in [0.25, 0.3) is 0 Å². The van der Waals surface area contributed by atoms with Crippen molar-refractivity contribution in [1.29, 1.82) is 0 Å². The number of nitrogens with zero attached hydrogens (tertiary/aromatic N) is 1. The second-order valence-corrected chi connectivity index (χ2v) is 8.52. The van der Waals surface area contributed by atoms with Crippen molar-refractivity contribution in [3.8, 4) is 0 Å². The molecule has 1 aliphatic rings. The first-order chi connectivity index (χ1) is 14.1. The van der Waals surface area contributed by atoms with Crippen LogP contribution in [0, 0.1) is 5.92 Å². The van der Waals surface area contributed by atoms with E-state index in [4.69, 9.17) is 0 Å². The minimum absolute atomic E-state index is 0.00483. The van der Waals surface area contributed by atoms with E-state index < -0.39 is 0 Å². The number of rotatable bonds is 6. The van der Waals surface area contributed by atoms with Gasteiger partial charge in [-0.05, 0) is 49.2 Å². The maximum Gasteiger partial charge on any atom is 0.321 e. The first-order valence-electron chi connectivity index (χ1n) is 10.3. The van der Waals surface area contributed by atoms with Crippen molar-refractivity contribution in [3.05, 3.63) is 54.6 Å². The van der Waals surface area contributed by atoms with Gasteiger partial charge in [0.2, 0.25) is 5.91 Å². The highest BCUT2D eigenvalue weighted by Crippen LogP contribution is 2.21. The molecule has 29 heavy (non-hydrogen) atoms. The molecule has 1 saturated heterocycles. The second-order valence-electron chi connectivity index (χ2n) is 7.42. The quantitative estimate of drug-likeness (QED) is 0.620. The Bertz CT molecular complexity index is 788. The van der Waals surface area contributed by atoms with Gasteiger partial charge >= 0.3 is 6.03 Å². The molecule has 1 atom stereocenters. The highest BCUT2D eigenvalue weighted by atomic mass is 32.2. The summed E-state index contributed by atoms with van der Waals surface area (Å²) in [6.45, 7) is 3.57. The summed E-state index contributed by atoms with van der Waals surface area (Å²) in [6, 6.07) is 17.3. The Morgan fingerprint density at radius 3 is 2.10 bits per heavy atom. The molecule has 0 aromatic heterocycles. The van der Waals surface area contributed by atoms with Gasteiger partial charge in [0.05, 0.1) is 0 Å². The van der Waals surface area contributed by atoms with Crippen LogP contribution in [0.25, 0.3) is 0 Å². The summed E-state index contributed by atoms with van der Waals surface area (Å²) in [6.07, 6.45) is 4.53. The van der Waals surface area contributed by atoms with Gasteiger partial charge in [0.1, 0.15) is 0 Å². The molecule has 1 heterocycles. The molecule has 2 N–H and O–H groups in total. The Morgan fingerprint density at radius 1 is 0.897 bits per heavy atom. The van der Waals surface area contributed by atoms with Crippen molar-refractivity contribution in [1.82, 2.24) is 4.90 Å². The summed E-state index contributed by atoms with van der Waals surface area (Å²) in [5, 5.41) is 5.91. The maximum absolute atomic E-state index is 12.4. The van der Waals surface area contributed by atoms with E-state index in [0.29, 0.717) is 0 Å². The summed E-state index contributed by atoms with van der Waals surface area (Å²) in [4.78, 5) is 27.9. The van der Waals surface area contributed by atoms with Gasteiger partial charge in [-0.3, -0.25) is 4.79 Å². The first-order valence-corrected chi connectivity index (χ1v) is 11.2. The van der Waals surface area contributed by atoms with Crippen LogP contribution in [0.4, 0.5) is 16.2 Å². The van der Waals surface area contributed by atoms with E-state index in [0.717, 1.165) is 48.0 Å². The van der Waals surface area contributed by atoms with Crippen molar-refractivity contribution in [3.63, 3.8) is 0 Å². The fourth-order valence-corrected chi connectivity index (χ4v) is 4.14. The third-order valence-electron chi connectivity index (χ3n) is 4.99. The number of nitrogens with one attached hydrogen (secondary N) is 2. The van der Waals surface area contributed by atoms with Gasteiger partial charge in [-0.1, -0.05) is 38.0 Å². The van der Waals surface area contributed by atoms with E-state index in [-0.39, 0.29) is 17.9 Å². The smallest absolute Gasteiger partial charge is 0.321 e. The third kappa shape index (κ3) is 6.82. The second kappa shape index (κ2) is 10.9. The number of thioether (sulfide) groups is 1. The van der Waals surface area contributed by atoms with Crippen LogP contribution in [0.3, 0.4) is 0 Å². The number of urea groups is 1. The largest absolute Gasteiger partial charge is 0.326 e. The first kappa shape index (κ1) is 21.2. The molecule has 0 saturated carbocycles. The fraction of sp³-hybridized carbons (Fsp3) is 0.391. The van der Waals surface area contributed by atoms with E-state index in [1.54, 1.807) is 11.8 Å². The van der Waals surface area contributed by atoms with Crippen molar-refractivity contribution < 1.29 is 9.59 Å². The predicted octanol–water partition coefficient (Wildman–Crippen LogP) is 5.46. The molecule has 2 aromatic carbocycles. The van der Waals surface area contributed by atoms with Crippen LogP contribution in [0.2, 0.25) is 0 Å². The maximum atomic E-state index is 12.4. The van der Waals surface area contributed by atoms with Crippen LogP contribution >= 0.6 is 11.8 Å². The number of amides is 3. The molecular formula is C23H29N3O2S. The van der Waals surface area contributed by atoms with E-state index in [1.807, 2.05) is 66.4 Å². The predicted molar refractivity (Wildman–Crippen MR) is 120 cm³/mol. The highest BCUT2D eigenvalue weighted by Gasteiger charge is 2.16. The van der Waals surface area contributed by atoms with Gasteiger partial charge < -0.3 is 15.5 Å². The number of carbonyl (C=O) groups is 2. The van der Waals surface area contributed by atoms with Gasteiger partial charge in [-0.15, -0.1) is 11.8 Å². The lowest BCUT2D eigenvalue weighted by Gasteiger charge is -2.21. The third-order valence-corrected chi connectivity index (χ3v) is 6.26. The van der Waals surface area contributed by atoms with Crippen LogP contribution in [-0.2, 0) is 4.79 Å². The van der Waals surface area contributed by atoms with Crippen LogP contribution in [0.1, 0.15) is 32.6 Å². The number of likely N-dealkylation sites (tertiary alicyclic amines) is 1. The molecule has 3 rings (SSSR count). The van der Waals surface area contributed by atoms with Gasteiger partial charge in [-0.25, -0.2) is 4.79 Å². The Labute approximate surface area is 177 Å². The summed E-state index contributed by atoms with van der Waals surface area (Å²) in [7, 11) is 0. The van der Waals surface area contributed by atoms with Gasteiger partial charge in [-0.2, -0.15) is 0 Å². The number of benzene rings is 2. The average Bonchev–Trinajstić information content (AvgIpc) is 3.04. The zero-order chi connectivity index (χ0) is 20.5. The van der Waals surface area contributed by atoms with Crippen molar-refractivity contribution >= 4 is 35.1 Å². The van der Waals surface area contributed by atoms with E-state index in [9.17, 15) is 9.59 Å². The van der Waals surface area contributed by atoms with E-state index in [1.165, 1.54) is 12.8 Å².